The predicted molar refractivity (Wildman–Crippen MR) is 53.7 cm³/mol. The lowest BCUT2D eigenvalue weighted by Crippen LogP contribution is -2.04. The first-order valence-electron chi connectivity index (χ1n) is 4.54. The summed E-state index contributed by atoms with van der Waals surface area (Å²) in [6, 6.07) is 2.68. The number of aromatic hydroxyl groups is 1. The molecule has 0 radical (unpaired) electrons. The molecule has 86 valence electrons. The first-order valence-corrected chi connectivity index (χ1v) is 4.54. The molecule has 1 aromatic rings. The van der Waals surface area contributed by atoms with Gasteiger partial charge in [-0.15, -0.1) is 0 Å². The fourth-order valence-corrected chi connectivity index (χ4v) is 1.04. The average Bonchev–Trinajstić information content (AvgIpc) is 2.19. The van der Waals surface area contributed by atoms with Crippen LogP contribution in [0.25, 0.3) is 0 Å². The van der Waals surface area contributed by atoms with Crippen molar-refractivity contribution in [1.82, 2.24) is 0 Å². The second-order valence-electron chi connectivity index (χ2n) is 3.07. The molecule has 0 amide bonds. The van der Waals surface area contributed by atoms with E-state index >= 15 is 0 Å². The van der Waals surface area contributed by atoms with Crippen LogP contribution < -0.4 is 5.73 Å². The van der Waals surface area contributed by atoms with Gasteiger partial charge in [0.05, 0.1) is 11.1 Å². The van der Waals surface area contributed by atoms with E-state index in [0.717, 1.165) is 12.1 Å². The molecule has 0 heterocycles. The van der Waals surface area contributed by atoms with Gasteiger partial charge in [-0.05, 0) is 18.2 Å². The highest BCUT2D eigenvalue weighted by atomic mass is 19.4. The minimum Gasteiger partial charge on any atom is -0.507 e. The first kappa shape index (κ1) is 12.4. The smallest absolute Gasteiger partial charge is 0.416 e. The van der Waals surface area contributed by atoms with Gasteiger partial charge in [-0.2, -0.15) is 13.2 Å². The van der Waals surface area contributed by atoms with Gasteiger partial charge in [-0.1, -0.05) is 11.8 Å². The monoisotopic (exact) mass is 229 g/mol. The molecule has 0 unspecified atom stereocenters. The maximum atomic E-state index is 12.2. The fraction of sp³-hybridized carbons (Fsp3) is 0.273. The molecule has 2 nitrogen and oxygen atoms in total. The number of benzene rings is 1. The average molecular weight is 229 g/mol. The molecule has 0 bridgehead atoms. The molecular weight excluding hydrogens is 219 g/mol. The van der Waals surface area contributed by atoms with Crippen LogP contribution >= 0.6 is 0 Å². The number of nitrogens with two attached hydrogens (primary N) is 1. The van der Waals surface area contributed by atoms with Crippen molar-refractivity contribution < 1.29 is 18.3 Å². The minimum atomic E-state index is -4.46. The van der Waals surface area contributed by atoms with E-state index in [2.05, 4.69) is 11.8 Å². The molecule has 0 aliphatic heterocycles. The van der Waals surface area contributed by atoms with Crippen molar-refractivity contribution in [2.75, 3.05) is 6.54 Å². The van der Waals surface area contributed by atoms with Crippen LogP contribution in [0.5, 0.6) is 5.75 Å². The summed E-state index contributed by atoms with van der Waals surface area (Å²) in [6.07, 6.45) is -4.03. The van der Waals surface area contributed by atoms with Crippen LogP contribution in [0.4, 0.5) is 13.2 Å². The fourth-order valence-electron chi connectivity index (χ4n) is 1.04. The number of phenolic OH excluding ortho intramolecular Hbond substituents is 1. The Morgan fingerprint density at radius 1 is 1.31 bits per heavy atom. The summed E-state index contributed by atoms with van der Waals surface area (Å²) in [6.45, 7) is 0.369. The van der Waals surface area contributed by atoms with E-state index in [1.165, 1.54) is 0 Å². The van der Waals surface area contributed by atoms with E-state index in [0.29, 0.717) is 19.0 Å². The highest BCUT2D eigenvalue weighted by Gasteiger charge is 2.30. The quantitative estimate of drug-likeness (QED) is 0.724. The van der Waals surface area contributed by atoms with Crippen molar-refractivity contribution in [3.8, 4) is 17.6 Å². The van der Waals surface area contributed by atoms with Gasteiger partial charge in [-0.3, -0.25) is 0 Å². The standard InChI is InChI=1S/C11H10F3NO/c12-11(13,14)9-5-4-8(10(16)7-9)3-1-2-6-15/h4-5,7,16H,2,6,15H2. The Hall–Kier alpha value is -1.67. The molecule has 5 heteroatoms. The number of phenols is 1. The van der Waals surface area contributed by atoms with E-state index in [1.54, 1.807) is 0 Å². The van der Waals surface area contributed by atoms with Crippen molar-refractivity contribution in [3.05, 3.63) is 29.3 Å². The molecule has 0 spiro atoms. The molecular formula is C11H10F3NO. The van der Waals surface area contributed by atoms with E-state index in [1.807, 2.05) is 0 Å². The Kier molecular flexibility index (Phi) is 3.80. The Morgan fingerprint density at radius 3 is 2.50 bits per heavy atom. The summed E-state index contributed by atoms with van der Waals surface area (Å²) in [5, 5.41) is 9.32. The Morgan fingerprint density at radius 2 is 2.00 bits per heavy atom. The number of halogens is 3. The third-order valence-corrected chi connectivity index (χ3v) is 1.82. The normalized spacial score (nSPS) is 10.8. The molecule has 3 N–H and O–H groups in total. The summed E-state index contributed by atoms with van der Waals surface area (Å²) < 4.78 is 36.7. The van der Waals surface area contributed by atoms with Crippen LogP contribution in [0.3, 0.4) is 0 Å². The SMILES string of the molecule is NCCC#Cc1ccc(C(F)(F)F)cc1O. The van der Waals surface area contributed by atoms with E-state index < -0.39 is 17.5 Å². The largest absolute Gasteiger partial charge is 0.507 e. The van der Waals surface area contributed by atoms with Crippen LogP contribution in [-0.2, 0) is 6.18 Å². The molecule has 0 saturated heterocycles. The summed E-state index contributed by atoms with van der Waals surface area (Å²) in [7, 11) is 0. The molecule has 1 rings (SSSR count). The number of hydrogen-bond donors (Lipinski definition) is 2. The van der Waals surface area contributed by atoms with Gasteiger partial charge < -0.3 is 10.8 Å². The maximum absolute atomic E-state index is 12.2. The zero-order valence-corrected chi connectivity index (χ0v) is 8.30. The molecule has 0 fully saturated rings. The molecule has 0 aliphatic carbocycles. The molecule has 16 heavy (non-hydrogen) atoms. The Labute approximate surface area is 90.9 Å². The lowest BCUT2D eigenvalue weighted by molar-refractivity contribution is -0.137. The summed E-state index contributed by atoms with van der Waals surface area (Å²) in [5.41, 5.74) is 4.47. The van der Waals surface area contributed by atoms with Gasteiger partial charge >= 0.3 is 6.18 Å². The summed E-state index contributed by atoms with van der Waals surface area (Å²) >= 11 is 0. The number of hydrogen-bond acceptors (Lipinski definition) is 2. The highest BCUT2D eigenvalue weighted by Crippen LogP contribution is 2.32. The van der Waals surface area contributed by atoms with Crippen molar-refractivity contribution >= 4 is 0 Å². The van der Waals surface area contributed by atoms with Crippen LogP contribution in [0.1, 0.15) is 17.5 Å². The van der Waals surface area contributed by atoms with Gasteiger partial charge in [0.25, 0.3) is 0 Å². The van der Waals surface area contributed by atoms with E-state index in [4.69, 9.17) is 5.73 Å². The van der Waals surface area contributed by atoms with Gasteiger partial charge in [0.1, 0.15) is 5.75 Å². The third-order valence-electron chi connectivity index (χ3n) is 1.82. The minimum absolute atomic E-state index is 0.168. The first-order chi connectivity index (χ1) is 7.45. The Bertz CT molecular complexity index is 429. The molecule has 0 aliphatic rings. The lowest BCUT2D eigenvalue weighted by Gasteiger charge is -2.07. The molecule has 1 aromatic carbocycles. The van der Waals surface area contributed by atoms with Gasteiger partial charge in [0, 0.05) is 13.0 Å². The number of alkyl halides is 3. The van der Waals surface area contributed by atoms with Crippen LogP contribution in [-0.4, -0.2) is 11.7 Å². The van der Waals surface area contributed by atoms with Crippen molar-refractivity contribution in [1.29, 1.82) is 0 Å². The molecule has 0 aromatic heterocycles. The zero-order valence-electron chi connectivity index (χ0n) is 8.30. The van der Waals surface area contributed by atoms with Gasteiger partial charge in [0.2, 0.25) is 0 Å². The molecule has 0 saturated carbocycles. The van der Waals surface area contributed by atoms with E-state index in [-0.39, 0.29) is 5.56 Å². The van der Waals surface area contributed by atoms with Crippen LogP contribution in [0.2, 0.25) is 0 Å². The van der Waals surface area contributed by atoms with Crippen molar-refractivity contribution in [2.45, 2.75) is 12.6 Å². The topological polar surface area (TPSA) is 46.2 Å². The lowest BCUT2D eigenvalue weighted by atomic mass is 10.1. The zero-order chi connectivity index (χ0) is 12.2. The second-order valence-corrected chi connectivity index (χ2v) is 3.07. The van der Waals surface area contributed by atoms with Gasteiger partial charge in [-0.25, -0.2) is 0 Å². The van der Waals surface area contributed by atoms with Crippen LogP contribution in [0.15, 0.2) is 18.2 Å². The van der Waals surface area contributed by atoms with E-state index in [9.17, 15) is 18.3 Å². The van der Waals surface area contributed by atoms with Crippen molar-refractivity contribution in [2.24, 2.45) is 5.73 Å². The maximum Gasteiger partial charge on any atom is 0.416 e. The van der Waals surface area contributed by atoms with Crippen molar-refractivity contribution in [3.63, 3.8) is 0 Å². The summed E-state index contributed by atoms with van der Waals surface area (Å²) in [4.78, 5) is 0. The highest BCUT2D eigenvalue weighted by molar-refractivity contribution is 5.47. The van der Waals surface area contributed by atoms with Crippen LogP contribution in [0, 0.1) is 11.8 Å². The predicted octanol–water partition coefficient (Wildman–Crippen LogP) is 2.11. The third kappa shape index (κ3) is 3.17. The molecule has 0 atom stereocenters. The Balaban J connectivity index is 2.98. The van der Waals surface area contributed by atoms with Gasteiger partial charge in [0.15, 0.2) is 0 Å². The second kappa shape index (κ2) is 4.90. The number of rotatable bonds is 1. The summed E-state index contributed by atoms with van der Waals surface area (Å²) in [5.74, 6) is 4.71.